The highest BCUT2D eigenvalue weighted by molar-refractivity contribution is 5.80. The third-order valence-electron chi connectivity index (χ3n) is 6.19. The van der Waals surface area contributed by atoms with E-state index in [4.69, 9.17) is 9.47 Å². The van der Waals surface area contributed by atoms with Crippen molar-refractivity contribution in [2.45, 2.75) is 18.3 Å². The number of nitrogens with one attached hydrogen (secondary N) is 1. The van der Waals surface area contributed by atoms with Crippen LogP contribution < -0.4 is 19.7 Å². The van der Waals surface area contributed by atoms with Crippen LogP contribution >= 0.6 is 0 Å². The van der Waals surface area contributed by atoms with E-state index in [0.29, 0.717) is 6.79 Å². The fourth-order valence-electron chi connectivity index (χ4n) is 4.21. The van der Waals surface area contributed by atoms with Gasteiger partial charge in [-0.05, 0) is 42.7 Å². The van der Waals surface area contributed by atoms with E-state index in [1.807, 2.05) is 31.4 Å². The monoisotopic (exact) mass is 393 g/mol. The van der Waals surface area contributed by atoms with Crippen molar-refractivity contribution in [1.29, 1.82) is 0 Å². The first kappa shape index (κ1) is 18.1. The lowest BCUT2D eigenvalue weighted by molar-refractivity contribution is 0.174. The number of rotatable bonds is 4. The minimum absolute atomic E-state index is 0.173. The highest BCUT2D eigenvalue weighted by Gasteiger charge is 2.45. The summed E-state index contributed by atoms with van der Waals surface area (Å²) in [5, 5.41) is 3.63. The van der Waals surface area contributed by atoms with Gasteiger partial charge in [-0.25, -0.2) is 4.98 Å². The molecule has 0 amide bonds. The summed E-state index contributed by atoms with van der Waals surface area (Å²) in [5.74, 6) is 3.75. The Labute approximate surface area is 171 Å². The normalized spacial score (nSPS) is 20.0. The van der Waals surface area contributed by atoms with Crippen LogP contribution in [-0.4, -0.2) is 62.4 Å². The Morgan fingerprint density at radius 3 is 2.66 bits per heavy atom. The van der Waals surface area contributed by atoms with Gasteiger partial charge < -0.3 is 24.6 Å². The van der Waals surface area contributed by atoms with Crippen molar-refractivity contribution in [2.75, 3.05) is 51.5 Å². The minimum Gasteiger partial charge on any atom is -0.454 e. The minimum atomic E-state index is 0.173. The number of anilines is 1. The van der Waals surface area contributed by atoms with Crippen LogP contribution in [0.4, 0.5) is 5.82 Å². The number of aromatic nitrogens is 1. The molecule has 2 fully saturated rings. The number of fused-ring (bicyclic) bond motifs is 1. The lowest BCUT2D eigenvalue weighted by atomic mass is 9.95. The van der Waals surface area contributed by atoms with Crippen molar-refractivity contribution in [2.24, 2.45) is 4.99 Å². The van der Waals surface area contributed by atoms with Gasteiger partial charge in [-0.3, -0.25) is 4.99 Å². The van der Waals surface area contributed by atoms with Crippen molar-refractivity contribution in [3.05, 3.63) is 48.2 Å². The number of pyridine rings is 1. The molecule has 0 unspecified atom stereocenters. The highest BCUT2D eigenvalue weighted by Crippen LogP contribution is 2.49. The zero-order valence-electron chi connectivity index (χ0n) is 16.8. The van der Waals surface area contributed by atoms with E-state index in [2.05, 4.69) is 43.3 Å². The molecule has 0 bridgehead atoms. The lowest BCUT2D eigenvalue weighted by Gasteiger charge is -2.37. The average molecular weight is 393 g/mol. The highest BCUT2D eigenvalue weighted by atomic mass is 16.7. The van der Waals surface area contributed by atoms with Crippen molar-refractivity contribution >= 4 is 11.8 Å². The smallest absolute Gasteiger partial charge is 0.231 e. The van der Waals surface area contributed by atoms with Crippen molar-refractivity contribution < 1.29 is 9.47 Å². The molecule has 7 nitrogen and oxygen atoms in total. The number of guanidine groups is 1. The van der Waals surface area contributed by atoms with E-state index in [9.17, 15) is 0 Å². The molecule has 1 aromatic carbocycles. The number of hydrogen-bond acceptors (Lipinski definition) is 5. The molecule has 5 rings (SSSR count). The molecule has 152 valence electrons. The SMILES string of the molecule is CN=C(NCC1(c2ccc3c(c2)OCO3)CC1)N1CCN(c2ccccn2)CC1. The molecule has 3 aliphatic rings. The van der Waals surface area contributed by atoms with Gasteiger partial charge in [-0.15, -0.1) is 0 Å². The van der Waals surface area contributed by atoms with Gasteiger partial charge in [0, 0.05) is 51.4 Å². The molecular formula is C22H27N5O2. The number of nitrogens with zero attached hydrogens (tertiary/aromatic N) is 4. The third-order valence-corrected chi connectivity index (χ3v) is 6.19. The van der Waals surface area contributed by atoms with Crippen LogP contribution in [0, 0.1) is 0 Å². The quantitative estimate of drug-likeness (QED) is 0.635. The van der Waals surface area contributed by atoms with E-state index in [0.717, 1.165) is 56.0 Å². The molecule has 0 spiro atoms. The van der Waals surface area contributed by atoms with Gasteiger partial charge in [0.25, 0.3) is 0 Å². The van der Waals surface area contributed by atoms with Crippen LogP contribution in [0.25, 0.3) is 0 Å². The molecule has 3 heterocycles. The summed E-state index contributed by atoms with van der Waals surface area (Å²) in [6.45, 7) is 4.98. The summed E-state index contributed by atoms with van der Waals surface area (Å²) >= 11 is 0. The first-order chi connectivity index (χ1) is 14.3. The fraction of sp³-hybridized carbons (Fsp3) is 0.455. The second kappa shape index (κ2) is 7.46. The molecule has 0 atom stereocenters. The Morgan fingerprint density at radius 2 is 1.93 bits per heavy atom. The van der Waals surface area contributed by atoms with Crippen molar-refractivity contribution in [1.82, 2.24) is 15.2 Å². The van der Waals surface area contributed by atoms with Gasteiger partial charge in [0.05, 0.1) is 0 Å². The van der Waals surface area contributed by atoms with E-state index in [-0.39, 0.29) is 5.41 Å². The number of aliphatic imine (C=N–C) groups is 1. The zero-order chi connectivity index (χ0) is 19.7. The molecule has 1 N–H and O–H groups in total. The number of ether oxygens (including phenoxy) is 2. The summed E-state index contributed by atoms with van der Waals surface area (Å²) in [6, 6.07) is 12.4. The molecule has 29 heavy (non-hydrogen) atoms. The van der Waals surface area contributed by atoms with Crippen LogP contribution in [0.2, 0.25) is 0 Å². The maximum absolute atomic E-state index is 5.57. The first-order valence-corrected chi connectivity index (χ1v) is 10.3. The second-order valence-corrected chi connectivity index (χ2v) is 7.91. The summed E-state index contributed by atoms with van der Waals surface area (Å²) in [7, 11) is 1.87. The third kappa shape index (κ3) is 3.57. The summed E-state index contributed by atoms with van der Waals surface area (Å²) in [5.41, 5.74) is 1.50. The van der Waals surface area contributed by atoms with E-state index in [1.165, 1.54) is 18.4 Å². The predicted molar refractivity (Wildman–Crippen MR) is 113 cm³/mol. The molecule has 2 aliphatic heterocycles. The molecule has 1 saturated carbocycles. The molecule has 0 radical (unpaired) electrons. The van der Waals surface area contributed by atoms with E-state index >= 15 is 0 Å². The van der Waals surface area contributed by atoms with Gasteiger partial charge in [0.1, 0.15) is 5.82 Å². The average Bonchev–Trinajstić information content (AvgIpc) is 3.43. The molecular weight excluding hydrogens is 366 g/mol. The van der Waals surface area contributed by atoms with Gasteiger partial charge in [-0.2, -0.15) is 0 Å². The molecule has 1 saturated heterocycles. The Morgan fingerprint density at radius 1 is 1.10 bits per heavy atom. The summed E-state index contributed by atoms with van der Waals surface area (Å²) < 4.78 is 11.0. The topological polar surface area (TPSA) is 62.2 Å². The molecule has 7 heteroatoms. The summed E-state index contributed by atoms with van der Waals surface area (Å²) in [4.78, 5) is 13.7. The Bertz CT molecular complexity index is 889. The lowest BCUT2D eigenvalue weighted by Crippen LogP contribution is -2.53. The Kier molecular flexibility index (Phi) is 4.66. The number of hydrogen-bond donors (Lipinski definition) is 1. The van der Waals surface area contributed by atoms with Crippen LogP contribution in [0.15, 0.2) is 47.6 Å². The number of benzene rings is 1. The predicted octanol–water partition coefficient (Wildman–Crippen LogP) is 2.24. The Hall–Kier alpha value is -2.96. The standard InChI is InChI=1S/C22H27N5O2/c1-23-21(27-12-10-26(11-13-27)20-4-2-3-9-24-20)25-15-22(7-8-22)17-5-6-18-19(14-17)29-16-28-18/h2-6,9,14H,7-8,10-13,15-16H2,1H3,(H,23,25). The summed E-state index contributed by atoms with van der Waals surface area (Å²) in [6.07, 6.45) is 4.22. The molecule has 1 aliphatic carbocycles. The fourth-order valence-corrected chi connectivity index (χ4v) is 4.21. The van der Waals surface area contributed by atoms with Gasteiger partial charge in [-0.1, -0.05) is 12.1 Å². The largest absolute Gasteiger partial charge is 0.454 e. The maximum atomic E-state index is 5.57. The van der Waals surface area contributed by atoms with E-state index < -0.39 is 0 Å². The van der Waals surface area contributed by atoms with Gasteiger partial charge in [0.15, 0.2) is 17.5 Å². The second-order valence-electron chi connectivity index (χ2n) is 7.91. The van der Waals surface area contributed by atoms with Crippen molar-refractivity contribution in [3.63, 3.8) is 0 Å². The first-order valence-electron chi connectivity index (χ1n) is 10.3. The van der Waals surface area contributed by atoms with Gasteiger partial charge >= 0.3 is 0 Å². The van der Waals surface area contributed by atoms with Crippen LogP contribution in [0.3, 0.4) is 0 Å². The van der Waals surface area contributed by atoms with Crippen LogP contribution in [0.5, 0.6) is 11.5 Å². The molecule has 1 aromatic heterocycles. The van der Waals surface area contributed by atoms with Crippen molar-refractivity contribution in [3.8, 4) is 11.5 Å². The van der Waals surface area contributed by atoms with Crippen LogP contribution in [-0.2, 0) is 5.41 Å². The van der Waals surface area contributed by atoms with Gasteiger partial charge in [0.2, 0.25) is 6.79 Å². The molecule has 2 aromatic rings. The van der Waals surface area contributed by atoms with E-state index in [1.54, 1.807) is 0 Å². The van der Waals surface area contributed by atoms with Crippen LogP contribution in [0.1, 0.15) is 18.4 Å². The maximum Gasteiger partial charge on any atom is 0.231 e. The number of piperazine rings is 1. The zero-order valence-corrected chi connectivity index (χ0v) is 16.8. The Balaban J connectivity index is 1.19.